The first-order chi connectivity index (χ1) is 11.3. The van der Waals surface area contributed by atoms with E-state index in [1.54, 1.807) is 4.90 Å². The van der Waals surface area contributed by atoms with E-state index in [9.17, 15) is 9.59 Å². The molecule has 0 radical (unpaired) electrons. The standard InChI is InChI=1S/C16H27N5O3/c1-16(2,3)24-15(23)20-6-7-21-12(10-20)8-17-14(21)18-9-13(22)19-11-4-5-11/h11-12H,4-10H2,1-3H3,(H,17,18)(H,19,22). The zero-order valence-corrected chi connectivity index (χ0v) is 14.7. The monoisotopic (exact) mass is 337 g/mol. The molecule has 0 aromatic heterocycles. The molecule has 1 atom stereocenters. The van der Waals surface area contributed by atoms with Crippen molar-refractivity contribution in [2.45, 2.75) is 51.3 Å². The summed E-state index contributed by atoms with van der Waals surface area (Å²) >= 11 is 0. The highest BCUT2D eigenvalue weighted by atomic mass is 16.6. The first-order valence-electron chi connectivity index (χ1n) is 8.64. The number of piperazine rings is 1. The molecular formula is C16H27N5O3. The van der Waals surface area contributed by atoms with E-state index in [2.05, 4.69) is 20.5 Å². The normalized spacial score (nSPS) is 23.5. The molecule has 2 fully saturated rings. The minimum Gasteiger partial charge on any atom is -0.444 e. The summed E-state index contributed by atoms with van der Waals surface area (Å²) in [7, 11) is 0. The number of nitrogens with zero attached hydrogens (tertiary/aromatic N) is 3. The van der Waals surface area contributed by atoms with Crippen LogP contribution in [0.5, 0.6) is 0 Å². The van der Waals surface area contributed by atoms with Crippen molar-refractivity contribution in [3.63, 3.8) is 0 Å². The molecule has 1 aliphatic carbocycles. The van der Waals surface area contributed by atoms with Crippen LogP contribution in [0.1, 0.15) is 33.6 Å². The fourth-order valence-corrected chi connectivity index (χ4v) is 2.89. The van der Waals surface area contributed by atoms with Crippen LogP contribution in [-0.2, 0) is 9.53 Å². The molecule has 2 heterocycles. The van der Waals surface area contributed by atoms with Crippen LogP contribution in [0.25, 0.3) is 0 Å². The SMILES string of the molecule is CC(C)(C)OC(=O)N1CCN2C(NCC(=O)NC3CC3)=NCC2C1. The van der Waals surface area contributed by atoms with Gasteiger partial charge in [-0.25, -0.2) is 4.79 Å². The minimum absolute atomic E-state index is 0.0102. The molecule has 3 aliphatic rings. The quantitative estimate of drug-likeness (QED) is 0.765. The van der Waals surface area contributed by atoms with E-state index in [4.69, 9.17) is 4.74 Å². The molecule has 24 heavy (non-hydrogen) atoms. The van der Waals surface area contributed by atoms with Crippen molar-refractivity contribution >= 4 is 18.0 Å². The average molecular weight is 337 g/mol. The van der Waals surface area contributed by atoms with Gasteiger partial charge in [-0.15, -0.1) is 0 Å². The number of carbonyl (C=O) groups excluding carboxylic acids is 2. The summed E-state index contributed by atoms with van der Waals surface area (Å²) in [6, 6.07) is 0.523. The zero-order valence-electron chi connectivity index (χ0n) is 14.7. The molecule has 2 N–H and O–H groups in total. The Labute approximate surface area is 142 Å². The molecule has 2 amide bonds. The number of ether oxygens (including phenoxy) is 1. The van der Waals surface area contributed by atoms with E-state index in [-0.39, 0.29) is 24.6 Å². The minimum atomic E-state index is -0.484. The summed E-state index contributed by atoms with van der Waals surface area (Å²) in [6.45, 7) is 8.37. The number of amides is 2. The smallest absolute Gasteiger partial charge is 0.410 e. The number of nitrogens with one attached hydrogen (secondary N) is 2. The van der Waals surface area contributed by atoms with E-state index in [1.165, 1.54) is 0 Å². The topological polar surface area (TPSA) is 86.3 Å². The van der Waals surface area contributed by atoms with Crippen LogP contribution >= 0.6 is 0 Å². The van der Waals surface area contributed by atoms with Gasteiger partial charge in [-0.2, -0.15) is 0 Å². The Morgan fingerprint density at radius 1 is 1.29 bits per heavy atom. The summed E-state index contributed by atoms with van der Waals surface area (Å²) in [6.07, 6.45) is 1.90. The highest BCUT2D eigenvalue weighted by Gasteiger charge is 2.36. The van der Waals surface area contributed by atoms with Gasteiger partial charge in [-0.1, -0.05) is 0 Å². The molecule has 0 spiro atoms. The van der Waals surface area contributed by atoms with Gasteiger partial charge in [0.25, 0.3) is 0 Å². The maximum absolute atomic E-state index is 12.2. The van der Waals surface area contributed by atoms with Gasteiger partial charge in [-0.05, 0) is 33.6 Å². The van der Waals surface area contributed by atoms with Crippen molar-refractivity contribution in [2.24, 2.45) is 4.99 Å². The van der Waals surface area contributed by atoms with Crippen LogP contribution in [0.15, 0.2) is 4.99 Å². The van der Waals surface area contributed by atoms with Crippen molar-refractivity contribution in [2.75, 3.05) is 32.7 Å². The van der Waals surface area contributed by atoms with E-state index >= 15 is 0 Å². The highest BCUT2D eigenvalue weighted by molar-refractivity contribution is 5.88. The number of aliphatic imine (C=N–C) groups is 1. The molecular weight excluding hydrogens is 310 g/mol. The first kappa shape index (κ1) is 16.9. The molecule has 1 saturated carbocycles. The third kappa shape index (κ3) is 4.30. The van der Waals surface area contributed by atoms with Crippen molar-refractivity contribution in [1.29, 1.82) is 0 Å². The average Bonchev–Trinajstić information content (AvgIpc) is 3.21. The van der Waals surface area contributed by atoms with E-state index in [0.29, 0.717) is 32.2 Å². The van der Waals surface area contributed by atoms with Gasteiger partial charge in [0.05, 0.1) is 19.1 Å². The van der Waals surface area contributed by atoms with Gasteiger partial charge in [0.1, 0.15) is 5.60 Å². The molecule has 1 saturated heterocycles. The van der Waals surface area contributed by atoms with Crippen LogP contribution in [0.4, 0.5) is 4.79 Å². The Hall–Kier alpha value is -1.99. The third-order valence-corrected chi connectivity index (χ3v) is 4.21. The first-order valence-corrected chi connectivity index (χ1v) is 8.64. The molecule has 1 unspecified atom stereocenters. The lowest BCUT2D eigenvalue weighted by molar-refractivity contribution is -0.120. The van der Waals surface area contributed by atoms with Gasteiger partial charge in [0.2, 0.25) is 5.91 Å². The summed E-state index contributed by atoms with van der Waals surface area (Å²) in [5.41, 5.74) is -0.484. The lowest BCUT2D eigenvalue weighted by atomic mass is 10.2. The van der Waals surface area contributed by atoms with Crippen LogP contribution in [0.3, 0.4) is 0 Å². The molecule has 8 heteroatoms. The Bertz CT molecular complexity index is 538. The zero-order chi connectivity index (χ0) is 17.3. The number of hydrogen-bond donors (Lipinski definition) is 2. The fraction of sp³-hybridized carbons (Fsp3) is 0.812. The predicted octanol–water partition coefficient (Wildman–Crippen LogP) is 0.146. The highest BCUT2D eigenvalue weighted by Crippen LogP contribution is 2.19. The van der Waals surface area contributed by atoms with E-state index < -0.39 is 5.60 Å². The predicted molar refractivity (Wildman–Crippen MR) is 89.8 cm³/mol. The van der Waals surface area contributed by atoms with Crippen LogP contribution < -0.4 is 10.6 Å². The van der Waals surface area contributed by atoms with E-state index in [0.717, 1.165) is 18.8 Å². The molecule has 3 rings (SSSR count). The van der Waals surface area contributed by atoms with Crippen LogP contribution in [-0.4, -0.2) is 78.2 Å². The van der Waals surface area contributed by atoms with Crippen molar-refractivity contribution in [3.8, 4) is 0 Å². The largest absolute Gasteiger partial charge is 0.444 e. The number of fused-ring (bicyclic) bond motifs is 1. The number of guanidine groups is 1. The summed E-state index contributed by atoms with van der Waals surface area (Å²) in [5, 5.41) is 6.07. The third-order valence-electron chi connectivity index (χ3n) is 4.21. The van der Waals surface area contributed by atoms with Crippen molar-refractivity contribution < 1.29 is 14.3 Å². The van der Waals surface area contributed by atoms with Gasteiger partial charge in [-0.3, -0.25) is 9.79 Å². The second-order valence-electron chi connectivity index (χ2n) is 7.63. The molecule has 134 valence electrons. The summed E-state index contributed by atoms with van der Waals surface area (Å²) in [5.74, 6) is 0.769. The maximum atomic E-state index is 12.2. The number of hydrogen-bond acceptors (Lipinski definition) is 6. The molecule has 8 nitrogen and oxygen atoms in total. The van der Waals surface area contributed by atoms with Gasteiger partial charge in [0, 0.05) is 25.7 Å². The second kappa shape index (κ2) is 6.49. The summed E-state index contributed by atoms with van der Waals surface area (Å²) < 4.78 is 5.44. The lowest BCUT2D eigenvalue weighted by Gasteiger charge is -2.39. The Morgan fingerprint density at radius 2 is 2.04 bits per heavy atom. The maximum Gasteiger partial charge on any atom is 0.410 e. The van der Waals surface area contributed by atoms with Crippen molar-refractivity contribution in [3.05, 3.63) is 0 Å². The van der Waals surface area contributed by atoms with Crippen molar-refractivity contribution in [1.82, 2.24) is 20.4 Å². The lowest BCUT2D eigenvalue weighted by Crippen LogP contribution is -2.58. The second-order valence-corrected chi connectivity index (χ2v) is 7.63. The molecule has 0 aromatic rings. The molecule has 0 aromatic carbocycles. The van der Waals surface area contributed by atoms with E-state index in [1.807, 2.05) is 20.8 Å². The summed E-state index contributed by atoms with van der Waals surface area (Å²) in [4.78, 5) is 32.3. The van der Waals surface area contributed by atoms with Gasteiger partial charge >= 0.3 is 6.09 Å². The van der Waals surface area contributed by atoms with Gasteiger partial charge in [0.15, 0.2) is 5.96 Å². The number of rotatable bonds is 3. The Balaban J connectivity index is 1.45. The van der Waals surface area contributed by atoms with Gasteiger partial charge < -0.3 is 25.2 Å². The fourth-order valence-electron chi connectivity index (χ4n) is 2.89. The Morgan fingerprint density at radius 3 is 2.71 bits per heavy atom. The Kier molecular flexibility index (Phi) is 4.56. The van der Waals surface area contributed by atoms with Crippen LogP contribution in [0, 0.1) is 0 Å². The molecule has 0 bridgehead atoms. The molecule has 2 aliphatic heterocycles. The van der Waals surface area contributed by atoms with Crippen LogP contribution in [0.2, 0.25) is 0 Å². The number of carbonyl (C=O) groups is 2.